The van der Waals surface area contributed by atoms with Crippen LogP contribution in [0.3, 0.4) is 0 Å². The Morgan fingerprint density at radius 1 is 0.875 bits per heavy atom. The second-order valence-electron chi connectivity index (χ2n) is 6.50. The first kappa shape index (κ1) is 17.0. The van der Waals surface area contributed by atoms with Gasteiger partial charge < -0.3 is 5.11 Å². The number of benzene rings is 3. The highest BCUT2D eigenvalue weighted by atomic mass is 35.5. The maximum atomic E-state index is 11.3. The fourth-order valence-corrected chi connectivity index (χ4v) is 3.70. The molecule has 0 amide bonds. The third-order valence-electron chi connectivity index (χ3n) is 4.87. The number of hydrogen-bond acceptors (Lipinski definition) is 2. The van der Waals surface area contributed by atoms with E-state index in [2.05, 4.69) is 59.5 Å². The van der Waals surface area contributed by atoms with Crippen LogP contribution in [0.25, 0.3) is 10.8 Å². The van der Waals surface area contributed by atoms with Gasteiger partial charge in [-0.1, -0.05) is 72.8 Å². The van der Waals surface area contributed by atoms with E-state index in [4.69, 9.17) is 0 Å². The van der Waals surface area contributed by atoms with Crippen LogP contribution >= 0.6 is 12.4 Å². The molecule has 0 radical (unpaired) electrons. The van der Waals surface area contributed by atoms with Crippen molar-refractivity contribution in [3.63, 3.8) is 0 Å². The first-order valence-electron chi connectivity index (χ1n) is 8.22. The lowest BCUT2D eigenvalue weighted by molar-refractivity contribution is 0.0468. The van der Waals surface area contributed by atoms with Gasteiger partial charge in [-0.3, -0.25) is 4.90 Å². The van der Waals surface area contributed by atoms with E-state index in [-0.39, 0.29) is 12.4 Å². The molecular formula is C21H22ClNO. The van der Waals surface area contributed by atoms with Crippen LogP contribution in [0.15, 0.2) is 72.8 Å². The Morgan fingerprint density at radius 2 is 1.58 bits per heavy atom. The van der Waals surface area contributed by atoms with Gasteiger partial charge in [0.15, 0.2) is 0 Å². The summed E-state index contributed by atoms with van der Waals surface area (Å²) in [5, 5.41) is 13.6. The van der Waals surface area contributed by atoms with Gasteiger partial charge >= 0.3 is 0 Å². The average Bonchev–Trinajstić information content (AvgIpc) is 2.97. The quantitative estimate of drug-likeness (QED) is 0.766. The van der Waals surface area contributed by atoms with Gasteiger partial charge in [0, 0.05) is 19.6 Å². The number of aliphatic hydroxyl groups is 1. The largest absolute Gasteiger partial charge is 0.384 e. The summed E-state index contributed by atoms with van der Waals surface area (Å²) >= 11 is 0. The van der Waals surface area contributed by atoms with Crippen LogP contribution in [-0.4, -0.2) is 23.1 Å². The zero-order valence-electron chi connectivity index (χ0n) is 13.6. The summed E-state index contributed by atoms with van der Waals surface area (Å²) in [7, 11) is 0. The molecule has 3 aromatic rings. The molecule has 1 aliphatic heterocycles. The Balaban J connectivity index is 0.00000169. The van der Waals surface area contributed by atoms with Crippen LogP contribution in [0.4, 0.5) is 0 Å². The minimum absolute atomic E-state index is 0. The van der Waals surface area contributed by atoms with Gasteiger partial charge in [0.1, 0.15) is 5.60 Å². The summed E-state index contributed by atoms with van der Waals surface area (Å²) in [4.78, 5) is 2.34. The summed E-state index contributed by atoms with van der Waals surface area (Å²) < 4.78 is 0. The van der Waals surface area contributed by atoms with Crippen molar-refractivity contribution in [2.75, 3.05) is 13.1 Å². The minimum atomic E-state index is -0.754. The highest BCUT2D eigenvalue weighted by molar-refractivity contribution is 5.86. The highest BCUT2D eigenvalue weighted by Crippen LogP contribution is 2.36. The Bertz CT molecular complexity index is 815. The lowest BCUT2D eigenvalue weighted by atomic mass is 9.89. The molecule has 1 N–H and O–H groups in total. The molecule has 0 aliphatic carbocycles. The maximum Gasteiger partial charge on any atom is 0.104 e. The van der Waals surface area contributed by atoms with Crippen LogP contribution < -0.4 is 0 Å². The third kappa shape index (κ3) is 3.18. The molecule has 3 aromatic carbocycles. The van der Waals surface area contributed by atoms with E-state index in [0.717, 1.165) is 25.1 Å². The summed E-state index contributed by atoms with van der Waals surface area (Å²) in [5.41, 5.74) is 1.61. The van der Waals surface area contributed by atoms with Crippen molar-refractivity contribution in [1.82, 2.24) is 4.90 Å². The lowest BCUT2D eigenvalue weighted by Gasteiger charge is -2.25. The molecule has 0 bridgehead atoms. The number of β-amino-alcohol motifs (C(OH)–C–C–N with tert-alkyl or cyclic N) is 1. The number of fused-ring (bicyclic) bond motifs is 1. The van der Waals surface area contributed by atoms with Crippen molar-refractivity contribution in [2.45, 2.75) is 18.6 Å². The SMILES string of the molecule is Cl.OC1(c2cccc3ccccc23)CCN(Cc2ccccc2)C1. The van der Waals surface area contributed by atoms with Crippen LogP contribution in [0.1, 0.15) is 17.5 Å². The Labute approximate surface area is 149 Å². The summed E-state index contributed by atoms with van der Waals surface area (Å²) in [6, 6.07) is 25.0. The molecule has 2 nitrogen and oxygen atoms in total. The molecular weight excluding hydrogens is 318 g/mol. The van der Waals surface area contributed by atoms with E-state index in [1.807, 2.05) is 18.2 Å². The van der Waals surface area contributed by atoms with Crippen LogP contribution in [0.5, 0.6) is 0 Å². The zero-order chi connectivity index (χ0) is 15.7. The molecule has 1 saturated heterocycles. The third-order valence-corrected chi connectivity index (χ3v) is 4.87. The predicted molar refractivity (Wildman–Crippen MR) is 101 cm³/mol. The topological polar surface area (TPSA) is 23.5 Å². The van der Waals surface area contributed by atoms with Crippen LogP contribution in [0.2, 0.25) is 0 Å². The maximum absolute atomic E-state index is 11.3. The average molecular weight is 340 g/mol. The smallest absolute Gasteiger partial charge is 0.104 e. The molecule has 1 fully saturated rings. The molecule has 0 saturated carbocycles. The standard InChI is InChI=1S/C21H21NO.ClH/c23-21(20-12-6-10-18-9-4-5-11-19(18)20)13-14-22(16-21)15-17-7-2-1-3-8-17;/h1-12,23H,13-16H2;1H. The normalized spacial score (nSPS) is 20.9. The fourth-order valence-electron chi connectivity index (χ4n) is 3.70. The molecule has 24 heavy (non-hydrogen) atoms. The Kier molecular flexibility index (Phi) is 4.91. The van der Waals surface area contributed by atoms with Gasteiger partial charge in [0.05, 0.1) is 0 Å². The molecule has 4 rings (SSSR count). The van der Waals surface area contributed by atoms with E-state index in [0.29, 0.717) is 6.54 Å². The predicted octanol–water partition coefficient (Wildman–Crippen LogP) is 4.36. The highest BCUT2D eigenvalue weighted by Gasteiger charge is 2.38. The van der Waals surface area contributed by atoms with E-state index >= 15 is 0 Å². The van der Waals surface area contributed by atoms with Gasteiger partial charge in [-0.25, -0.2) is 0 Å². The number of halogens is 1. The molecule has 1 atom stereocenters. The Morgan fingerprint density at radius 3 is 2.42 bits per heavy atom. The van der Waals surface area contributed by atoms with Crippen molar-refractivity contribution in [3.8, 4) is 0 Å². The number of hydrogen-bond donors (Lipinski definition) is 1. The van der Waals surface area contributed by atoms with Crippen molar-refractivity contribution in [2.24, 2.45) is 0 Å². The molecule has 1 aliphatic rings. The molecule has 0 spiro atoms. The molecule has 0 aromatic heterocycles. The van der Waals surface area contributed by atoms with Crippen molar-refractivity contribution in [1.29, 1.82) is 0 Å². The van der Waals surface area contributed by atoms with Crippen molar-refractivity contribution < 1.29 is 5.11 Å². The number of rotatable bonds is 3. The molecule has 1 unspecified atom stereocenters. The zero-order valence-corrected chi connectivity index (χ0v) is 14.4. The van der Waals surface area contributed by atoms with Crippen molar-refractivity contribution >= 4 is 23.2 Å². The Hall–Kier alpha value is -1.87. The number of nitrogens with zero attached hydrogens (tertiary/aromatic N) is 1. The first-order valence-corrected chi connectivity index (χ1v) is 8.22. The molecule has 3 heteroatoms. The molecule has 124 valence electrons. The van der Waals surface area contributed by atoms with E-state index in [1.165, 1.54) is 16.3 Å². The van der Waals surface area contributed by atoms with Crippen molar-refractivity contribution in [3.05, 3.63) is 83.9 Å². The minimum Gasteiger partial charge on any atom is -0.384 e. The number of likely N-dealkylation sites (tertiary alicyclic amines) is 1. The summed E-state index contributed by atoms with van der Waals surface area (Å²) in [6.45, 7) is 2.51. The summed E-state index contributed by atoms with van der Waals surface area (Å²) in [5.74, 6) is 0. The second kappa shape index (κ2) is 6.94. The first-order chi connectivity index (χ1) is 11.2. The van der Waals surface area contributed by atoms with Crippen LogP contribution in [0, 0.1) is 0 Å². The van der Waals surface area contributed by atoms with Gasteiger partial charge in [-0.15, -0.1) is 12.4 Å². The fraction of sp³-hybridized carbons (Fsp3) is 0.238. The van der Waals surface area contributed by atoms with E-state index in [9.17, 15) is 5.11 Å². The van der Waals surface area contributed by atoms with Gasteiger partial charge in [0.25, 0.3) is 0 Å². The van der Waals surface area contributed by atoms with Gasteiger partial charge in [0.2, 0.25) is 0 Å². The van der Waals surface area contributed by atoms with E-state index < -0.39 is 5.60 Å². The van der Waals surface area contributed by atoms with Gasteiger partial charge in [-0.05, 0) is 28.3 Å². The monoisotopic (exact) mass is 339 g/mol. The van der Waals surface area contributed by atoms with E-state index in [1.54, 1.807) is 0 Å². The van der Waals surface area contributed by atoms with Crippen LogP contribution in [-0.2, 0) is 12.1 Å². The summed E-state index contributed by atoms with van der Waals surface area (Å²) in [6.07, 6.45) is 0.786. The lowest BCUT2D eigenvalue weighted by Crippen LogP contribution is -2.30. The molecule has 1 heterocycles. The van der Waals surface area contributed by atoms with Gasteiger partial charge in [-0.2, -0.15) is 0 Å². The second-order valence-corrected chi connectivity index (χ2v) is 6.50.